The third kappa shape index (κ3) is 19.7. The number of benzene rings is 2. The molecular formula is C47H70N6S2+2. The van der Waals surface area contributed by atoms with E-state index < -0.39 is 0 Å². The fraction of sp³-hybridized carbons (Fsp3) is 0.447. The third-order valence-electron chi connectivity index (χ3n) is 9.67. The molecule has 1 heterocycles. The van der Waals surface area contributed by atoms with E-state index in [4.69, 9.17) is 0 Å². The van der Waals surface area contributed by atoms with Gasteiger partial charge in [-0.2, -0.15) is 4.57 Å². The van der Waals surface area contributed by atoms with Crippen molar-refractivity contribution in [2.24, 2.45) is 4.99 Å². The minimum Gasteiger partial charge on any atom is -0.375 e. The van der Waals surface area contributed by atoms with Crippen LogP contribution in [0.4, 0.5) is 11.4 Å². The first-order chi connectivity index (χ1) is 26.7. The summed E-state index contributed by atoms with van der Waals surface area (Å²) in [6.07, 6.45) is 25.5. The Morgan fingerprint density at radius 3 is 1.87 bits per heavy atom. The Labute approximate surface area is 343 Å². The molecule has 3 rings (SSSR count). The Balaban J connectivity index is 1.19. The van der Waals surface area contributed by atoms with Crippen LogP contribution in [0.5, 0.6) is 0 Å². The summed E-state index contributed by atoms with van der Waals surface area (Å²) in [5.74, 6) is 2.46. The van der Waals surface area contributed by atoms with E-state index in [9.17, 15) is 0 Å². The number of hydrogen-bond donors (Lipinski definition) is 0. The molecule has 0 amide bonds. The standard InChI is InChI=1S/C47H70N6S2/c1-8-48-33-15-12-10-11-13-21-43-23-28-45(29-24-43)50(4)36-17-34-49(3)35-19-41-54-55-42-20-40-53(6,7)39-18-37-51(5)46-30-25-44(26-31-46)27-32-47-22-14-16-38-52(47)9-2/h10-16,21-33,38H,8-9,17-20,34-37,39-42H2,1-7H3/q+2/b11-10+,15-12-,21-13+,48-33+. The second-order valence-corrected chi connectivity index (χ2v) is 17.5. The number of hydrogen-bond acceptors (Lipinski definition) is 6. The van der Waals surface area contributed by atoms with Crippen LogP contribution in [0.25, 0.3) is 18.2 Å². The first-order valence-corrected chi connectivity index (χ1v) is 22.7. The van der Waals surface area contributed by atoms with Crippen LogP contribution in [0, 0.1) is 0 Å². The zero-order valence-corrected chi connectivity index (χ0v) is 36.7. The molecule has 0 atom stereocenters. The first-order valence-electron chi connectivity index (χ1n) is 20.2. The molecule has 2 aromatic carbocycles. The lowest BCUT2D eigenvalue weighted by Crippen LogP contribution is -2.42. The van der Waals surface area contributed by atoms with Gasteiger partial charge in [-0.3, -0.25) is 4.99 Å². The monoisotopic (exact) mass is 783 g/mol. The van der Waals surface area contributed by atoms with E-state index in [2.05, 4.69) is 185 Å². The highest BCUT2D eigenvalue weighted by molar-refractivity contribution is 8.76. The van der Waals surface area contributed by atoms with Crippen molar-refractivity contribution in [1.82, 2.24) is 4.90 Å². The van der Waals surface area contributed by atoms with Gasteiger partial charge in [0, 0.05) is 93.9 Å². The molecule has 0 fully saturated rings. The van der Waals surface area contributed by atoms with Gasteiger partial charge in [-0.15, -0.1) is 0 Å². The van der Waals surface area contributed by atoms with Crippen molar-refractivity contribution >= 4 is 57.4 Å². The summed E-state index contributed by atoms with van der Waals surface area (Å²) in [5, 5.41) is 0. The van der Waals surface area contributed by atoms with E-state index in [1.807, 2.05) is 37.4 Å². The normalized spacial score (nSPS) is 12.5. The summed E-state index contributed by atoms with van der Waals surface area (Å²) < 4.78 is 3.35. The molecule has 1 aromatic heterocycles. The van der Waals surface area contributed by atoms with Crippen LogP contribution in [0.3, 0.4) is 0 Å². The van der Waals surface area contributed by atoms with Crippen LogP contribution >= 0.6 is 21.6 Å². The number of pyridine rings is 1. The van der Waals surface area contributed by atoms with E-state index in [0.29, 0.717) is 0 Å². The predicted octanol–water partition coefficient (Wildman–Crippen LogP) is 9.90. The van der Waals surface area contributed by atoms with E-state index in [1.165, 1.54) is 85.0 Å². The molecule has 0 aliphatic heterocycles. The fourth-order valence-electron chi connectivity index (χ4n) is 6.22. The van der Waals surface area contributed by atoms with Crippen molar-refractivity contribution in [1.29, 1.82) is 0 Å². The number of aryl methyl sites for hydroxylation is 1. The van der Waals surface area contributed by atoms with Crippen LogP contribution in [-0.4, -0.2) is 108 Å². The SMILES string of the molecule is CC/N=C/C=C\C=C\C=C\c1ccc(N(C)CCCN(C)CCCSSCCC[N+](C)(C)CCCN(C)c2ccc(/C=C/c3cccc[n+]3CC)cc2)cc1. The van der Waals surface area contributed by atoms with E-state index in [-0.39, 0.29) is 0 Å². The lowest BCUT2D eigenvalue weighted by atomic mass is 10.1. The smallest absolute Gasteiger partial charge is 0.205 e. The highest BCUT2D eigenvalue weighted by atomic mass is 33.1. The fourth-order valence-corrected chi connectivity index (χ4v) is 8.37. The molecule has 0 unspecified atom stereocenters. The Bertz CT molecular complexity index is 1610. The molecule has 298 valence electrons. The van der Waals surface area contributed by atoms with E-state index >= 15 is 0 Å². The Morgan fingerprint density at radius 2 is 1.20 bits per heavy atom. The molecule has 55 heavy (non-hydrogen) atoms. The minimum absolute atomic E-state index is 0.821. The maximum atomic E-state index is 4.17. The number of quaternary nitrogens is 1. The molecule has 0 saturated heterocycles. The summed E-state index contributed by atoms with van der Waals surface area (Å²) in [7, 11) is 15.6. The van der Waals surface area contributed by atoms with Gasteiger partial charge in [0.15, 0.2) is 6.20 Å². The van der Waals surface area contributed by atoms with Crippen molar-refractivity contribution in [3.05, 3.63) is 120 Å². The topological polar surface area (TPSA) is 26.0 Å². The Hall–Kier alpha value is -3.56. The lowest BCUT2D eigenvalue weighted by molar-refractivity contribution is -0.890. The zero-order chi connectivity index (χ0) is 39.6. The molecular weight excluding hydrogens is 713 g/mol. The van der Waals surface area contributed by atoms with Crippen LogP contribution in [0.2, 0.25) is 0 Å². The highest BCUT2D eigenvalue weighted by Gasteiger charge is 2.15. The van der Waals surface area contributed by atoms with Crippen LogP contribution < -0.4 is 14.4 Å². The zero-order valence-electron chi connectivity index (χ0n) is 35.0. The van der Waals surface area contributed by atoms with Gasteiger partial charge in [0.1, 0.15) is 6.54 Å². The highest BCUT2D eigenvalue weighted by Crippen LogP contribution is 2.23. The molecule has 0 N–H and O–H groups in total. The maximum absolute atomic E-state index is 4.17. The predicted molar refractivity (Wildman–Crippen MR) is 250 cm³/mol. The number of anilines is 2. The van der Waals surface area contributed by atoms with Gasteiger partial charge in [0.2, 0.25) is 5.69 Å². The van der Waals surface area contributed by atoms with Gasteiger partial charge in [-0.25, -0.2) is 0 Å². The van der Waals surface area contributed by atoms with Gasteiger partial charge in [0.05, 0.1) is 27.2 Å². The summed E-state index contributed by atoms with van der Waals surface area (Å²) >= 11 is 0. The van der Waals surface area contributed by atoms with Gasteiger partial charge in [-0.05, 0) is 100 Å². The van der Waals surface area contributed by atoms with Crippen LogP contribution in [-0.2, 0) is 6.54 Å². The third-order valence-corrected chi connectivity index (χ3v) is 12.2. The van der Waals surface area contributed by atoms with Crippen LogP contribution in [0.15, 0.2) is 108 Å². The largest absolute Gasteiger partial charge is 0.375 e. The average molecular weight is 783 g/mol. The van der Waals surface area contributed by atoms with E-state index in [0.717, 1.165) is 37.2 Å². The first kappa shape index (κ1) is 45.8. The van der Waals surface area contributed by atoms with Gasteiger partial charge < -0.3 is 19.2 Å². The van der Waals surface area contributed by atoms with E-state index in [1.54, 1.807) is 0 Å². The van der Waals surface area contributed by atoms with Gasteiger partial charge >= 0.3 is 0 Å². The molecule has 0 radical (unpaired) electrons. The molecule has 0 aliphatic rings. The van der Waals surface area contributed by atoms with Crippen molar-refractivity contribution < 1.29 is 9.05 Å². The summed E-state index contributed by atoms with van der Waals surface area (Å²) in [6.45, 7) is 12.9. The van der Waals surface area contributed by atoms with Gasteiger partial charge in [0.25, 0.3) is 0 Å². The number of rotatable bonds is 27. The van der Waals surface area contributed by atoms with Crippen molar-refractivity contribution in [3.63, 3.8) is 0 Å². The molecule has 0 spiro atoms. The van der Waals surface area contributed by atoms with Crippen molar-refractivity contribution in [3.8, 4) is 0 Å². The second-order valence-electron chi connectivity index (χ2n) is 14.8. The molecule has 0 bridgehead atoms. The van der Waals surface area contributed by atoms with Gasteiger partial charge in [-0.1, -0.05) is 76.2 Å². The second kappa shape index (κ2) is 27.1. The average Bonchev–Trinajstić information content (AvgIpc) is 3.19. The molecule has 3 aromatic rings. The number of nitrogens with zero attached hydrogens (tertiary/aromatic N) is 6. The molecule has 0 aliphatic carbocycles. The quantitative estimate of drug-likeness (QED) is 0.0192. The number of allylic oxidation sites excluding steroid dienone is 5. The Kier molecular flexibility index (Phi) is 22.6. The minimum atomic E-state index is 0.821. The summed E-state index contributed by atoms with van der Waals surface area (Å²) in [5.41, 5.74) is 6.22. The number of aromatic nitrogens is 1. The molecule has 0 saturated carbocycles. The maximum Gasteiger partial charge on any atom is 0.205 e. The summed E-state index contributed by atoms with van der Waals surface area (Å²) in [6, 6.07) is 24.1. The van der Waals surface area contributed by atoms with Crippen LogP contribution in [0.1, 0.15) is 56.4 Å². The summed E-state index contributed by atoms with van der Waals surface area (Å²) in [4.78, 5) is 11.4. The lowest BCUT2D eigenvalue weighted by Gasteiger charge is -2.31. The van der Waals surface area contributed by atoms with Crippen molar-refractivity contribution in [2.45, 2.75) is 46.1 Å². The molecule has 6 nitrogen and oxygen atoms in total. The number of aliphatic imine (C=N–C) groups is 1. The van der Waals surface area contributed by atoms with Crippen molar-refractivity contribution in [2.75, 3.05) is 102 Å². The molecule has 8 heteroatoms. The Morgan fingerprint density at radius 1 is 0.618 bits per heavy atom.